The normalized spacial score (nSPS) is 23.3. The van der Waals surface area contributed by atoms with Gasteiger partial charge in [0.1, 0.15) is 5.82 Å². The first kappa shape index (κ1) is 14.3. The van der Waals surface area contributed by atoms with Crippen LogP contribution in [0.1, 0.15) is 24.9 Å². The topological polar surface area (TPSA) is 63.4 Å². The lowest BCUT2D eigenvalue weighted by atomic mass is 10.1. The monoisotopic (exact) mass is 286 g/mol. The molecule has 19 heavy (non-hydrogen) atoms. The molecule has 4 nitrogen and oxygen atoms in total. The van der Waals surface area contributed by atoms with Crippen LogP contribution in [0, 0.1) is 5.82 Å². The Labute approximate surface area is 113 Å². The van der Waals surface area contributed by atoms with E-state index in [-0.39, 0.29) is 29.4 Å². The van der Waals surface area contributed by atoms with Crippen molar-refractivity contribution in [3.8, 4) is 0 Å². The van der Waals surface area contributed by atoms with Gasteiger partial charge in [-0.15, -0.1) is 0 Å². The van der Waals surface area contributed by atoms with Crippen LogP contribution in [0.15, 0.2) is 18.2 Å². The average molecular weight is 286 g/mol. The molecule has 2 atom stereocenters. The molecule has 0 bridgehead atoms. The van der Waals surface area contributed by atoms with Gasteiger partial charge in [0.05, 0.1) is 17.2 Å². The van der Waals surface area contributed by atoms with Gasteiger partial charge in [-0.05, 0) is 31.0 Å². The van der Waals surface area contributed by atoms with Gasteiger partial charge in [0.2, 0.25) is 0 Å². The van der Waals surface area contributed by atoms with Gasteiger partial charge in [0.25, 0.3) is 0 Å². The molecule has 106 valence electrons. The van der Waals surface area contributed by atoms with E-state index in [0.29, 0.717) is 12.1 Å². The summed E-state index contributed by atoms with van der Waals surface area (Å²) in [6.07, 6.45) is 0.549. The van der Waals surface area contributed by atoms with E-state index in [1.807, 2.05) is 0 Å². The highest BCUT2D eigenvalue weighted by Gasteiger charge is 2.31. The number of halogens is 1. The second kappa shape index (κ2) is 5.09. The summed E-state index contributed by atoms with van der Waals surface area (Å²) in [6, 6.07) is 4.49. The minimum Gasteiger partial charge on any atom is -0.368 e. The van der Waals surface area contributed by atoms with E-state index < -0.39 is 9.84 Å². The Morgan fingerprint density at radius 1 is 1.47 bits per heavy atom. The van der Waals surface area contributed by atoms with E-state index in [1.54, 1.807) is 31.0 Å². The molecular formula is C13H19FN2O2S. The molecule has 6 heteroatoms. The molecular weight excluding hydrogens is 267 g/mol. The van der Waals surface area contributed by atoms with Crippen molar-refractivity contribution in [3.63, 3.8) is 0 Å². The number of nitrogens with zero attached hydrogens (tertiary/aromatic N) is 1. The van der Waals surface area contributed by atoms with E-state index in [1.165, 1.54) is 6.07 Å². The summed E-state index contributed by atoms with van der Waals surface area (Å²) < 4.78 is 37.0. The summed E-state index contributed by atoms with van der Waals surface area (Å²) in [5.74, 6) is -0.0823. The van der Waals surface area contributed by atoms with Crippen molar-refractivity contribution in [2.45, 2.75) is 25.4 Å². The molecule has 2 N–H and O–H groups in total. The van der Waals surface area contributed by atoms with Gasteiger partial charge in [0, 0.05) is 19.1 Å². The van der Waals surface area contributed by atoms with E-state index in [9.17, 15) is 12.8 Å². The predicted octanol–water partition coefficient (Wildman–Crippen LogP) is 1.47. The number of rotatable bonds is 3. The van der Waals surface area contributed by atoms with Crippen molar-refractivity contribution < 1.29 is 12.8 Å². The SMILES string of the molecule is CC(N)c1ccc(N(C)C2CCS(=O)(=O)C2)c(F)c1. The molecule has 1 heterocycles. The molecule has 0 spiro atoms. The molecule has 0 amide bonds. The van der Waals surface area contributed by atoms with Crippen molar-refractivity contribution in [2.24, 2.45) is 5.73 Å². The van der Waals surface area contributed by atoms with Gasteiger partial charge in [-0.2, -0.15) is 0 Å². The fourth-order valence-corrected chi connectivity index (χ4v) is 4.14. The molecule has 1 aromatic rings. The maximum atomic E-state index is 14.1. The van der Waals surface area contributed by atoms with Crippen molar-refractivity contribution in [3.05, 3.63) is 29.6 Å². The van der Waals surface area contributed by atoms with Crippen LogP contribution in [0.3, 0.4) is 0 Å². The first-order chi connectivity index (χ1) is 8.80. The van der Waals surface area contributed by atoms with Crippen molar-refractivity contribution in [1.29, 1.82) is 0 Å². The predicted molar refractivity (Wildman–Crippen MR) is 74.5 cm³/mol. The molecule has 0 aromatic heterocycles. The number of nitrogens with two attached hydrogens (primary N) is 1. The van der Waals surface area contributed by atoms with Gasteiger partial charge in [-0.3, -0.25) is 0 Å². The molecule has 2 unspecified atom stereocenters. The van der Waals surface area contributed by atoms with Gasteiger partial charge < -0.3 is 10.6 Å². The molecule has 1 fully saturated rings. The Hall–Kier alpha value is -1.14. The van der Waals surface area contributed by atoms with Gasteiger partial charge >= 0.3 is 0 Å². The lowest BCUT2D eigenvalue weighted by Crippen LogP contribution is -2.33. The van der Waals surface area contributed by atoms with Crippen LogP contribution in [0.5, 0.6) is 0 Å². The maximum absolute atomic E-state index is 14.1. The van der Waals surface area contributed by atoms with Crippen molar-refractivity contribution in [2.75, 3.05) is 23.5 Å². The molecule has 0 saturated carbocycles. The number of anilines is 1. The first-order valence-electron chi connectivity index (χ1n) is 6.28. The van der Waals surface area contributed by atoms with Crippen LogP contribution in [-0.4, -0.2) is 33.0 Å². The Morgan fingerprint density at radius 3 is 2.63 bits per heavy atom. The highest BCUT2D eigenvalue weighted by Crippen LogP contribution is 2.27. The Morgan fingerprint density at radius 2 is 2.16 bits per heavy atom. The minimum atomic E-state index is -2.97. The van der Waals surface area contributed by atoms with E-state index >= 15 is 0 Å². The van der Waals surface area contributed by atoms with Crippen LogP contribution in [-0.2, 0) is 9.84 Å². The number of sulfone groups is 1. The van der Waals surface area contributed by atoms with Crippen LogP contribution in [0.2, 0.25) is 0 Å². The number of hydrogen-bond donors (Lipinski definition) is 1. The van der Waals surface area contributed by atoms with Gasteiger partial charge in [-0.25, -0.2) is 12.8 Å². The molecule has 2 rings (SSSR count). The highest BCUT2D eigenvalue weighted by molar-refractivity contribution is 7.91. The second-order valence-corrected chi connectivity index (χ2v) is 7.40. The number of benzene rings is 1. The smallest absolute Gasteiger partial charge is 0.152 e. The zero-order chi connectivity index (χ0) is 14.2. The quantitative estimate of drug-likeness (QED) is 0.914. The van der Waals surface area contributed by atoms with Crippen molar-refractivity contribution >= 4 is 15.5 Å². The Balaban J connectivity index is 2.23. The molecule has 0 aliphatic carbocycles. The summed E-state index contributed by atoms with van der Waals surface area (Å²) in [6.45, 7) is 1.79. The lowest BCUT2D eigenvalue weighted by Gasteiger charge is -2.26. The Bertz CT molecular complexity index is 572. The molecule has 1 aliphatic rings. The highest BCUT2D eigenvalue weighted by atomic mass is 32.2. The Kier molecular flexibility index (Phi) is 3.82. The first-order valence-corrected chi connectivity index (χ1v) is 8.10. The van der Waals surface area contributed by atoms with Crippen LogP contribution < -0.4 is 10.6 Å². The third-order valence-electron chi connectivity index (χ3n) is 3.63. The zero-order valence-corrected chi connectivity index (χ0v) is 12.0. The van der Waals surface area contributed by atoms with E-state index in [0.717, 1.165) is 5.56 Å². The summed E-state index contributed by atoms with van der Waals surface area (Å²) in [7, 11) is -1.24. The minimum absolute atomic E-state index is 0.0952. The summed E-state index contributed by atoms with van der Waals surface area (Å²) in [4.78, 5) is 1.71. The summed E-state index contributed by atoms with van der Waals surface area (Å²) in [5.41, 5.74) is 6.86. The van der Waals surface area contributed by atoms with Crippen molar-refractivity contribution in [1.82, 2.24) is 0 Å². The largest absolute Gasteiger partial charge is 0.368 e. The summed E-state index contributed by atoms with van der Waals surface area (Å²) in [5, 5.41) is 0. The zero-order valence-electron chi connectivity index (χ0n) is 11.1. The molecule has 0 radical (unpaired) electrons. The van der Waals surface area contributed by atoms with E-state index in [2.05, 4.69) is 0 Å². The van der Waals surface area contributed by atoms with Crippen LogP contribution >= 0.6 is 0 Å². The standard InChI is InChI=1S/C13H19FN2O2S/c1-9(15)10-3-4-13(12(14)7-10)16(2)11-5-6-19(17,18)8-11/h3-4,7,9,11H,5-6,8,15H2,1-2H3. The second-order valence-electron chi connectivity index (χ2n) is 5.17. The van der Waals surface area contributed by atoms with Crippen LogP contribution in [0.25, 0.3) is 0 Å². The summed E-state index contributed by atoms with van der Waals surface area (Å²) >= 11 is 0. The molecule has 1 saturated heterocycles. The number of hydrogen-bond acceptors (Lipinski definition) is 4. The third-order valence-corrected chi connectivity index (χ3v) is 5.38. The molecule has 1 aliphatic heterocycles. The van der Waals surface area contributed by atoms with Gasteiger partial charge in [-0.1, -0.05) is 6.07 Å². The fourth-order valence-electron chi connectivity index (χ4n) is 2.37. The van der Waals surface area contributed by atoms with Crippen LogP contribution in [0.4, 0.5) is 10.1 Å². The molecule has 1 aromatic carbocycles. The van der Waals surface area contributed by atoms with Gasteiger partial charge in [0.15, 0.2) is 9.84 Å². The lowest BCUT2D eigenvalue weighted by molar-refractivity contribution is 0.595. The average Bonchev–Trinajstić information content (AvgIpc) is 2.68. The fraction of sp³-hybridized carbons (Fsp3) is 0.538. The van der Waals surface area contributed by atoms with E-state index in [4.69, 9.17) is 5.73 Å². The maximum Gasteiger partial charge on any atom is 0.152 e. The third kappa shape index (κ3) is 3.06.